The van der Waals surface area contributed by atoms with E-state index in [0.29, 0.717) is 5.82 Å². The van der Waals surface area contributed by atoms with Gasteiger partial charge in [0.2, 0.25) is 0 Å². The Morgan fingerprint density at radius 3 is 2.88 bits per heavy atom. The second-order valence-electron chi connectivity index (χ2n) is 3.49. The smallest absolute Gasteiger partial charge is 0.165 e. The molecule has 4 nitrogen and oxygen atoms in total. The molecule has 6 heteroatoms. The van der Waals surface area contributed by atoms with Crippen LogP contribution in [0.25, 0.3) is 0 Å². The highest BCUT2D eigenvalue weighted by atomic mass is 35.5. The van der Waals surface area contributed by atoms with Crippen molar-refractivity contribution in [3.63, 3.8) is 0 Å². The third kappa shape index (κ3) is 2.74. The average Bonchev–Trinajstić information content (AvgIpc) is 2.73. The topological polar surface area (TPSA) is 39.9 Å². The minimum Gasteiger partial charge on any atom is -0.483 e. The van der Waals surface area contributed by atoms with Crippen molar-refractivity contribution in [2.45, 2.75) is 12.5 Å². The highest BCUT2D eigenvalue weighted by molar-refractivity contribution is 6.17. The maximum Gasteiger partial charge on any atom is 0.165 e. The molecule has 0 amide bonds. The molecular formula is C11H11ClFN3O. The fourth-order valence-electron chi connectivity index (χ4n) is 1.34. The molecule has 0 saturated heterocycles. The molecule has 1 aromatic heterocycles. The molecule has 0 radical (unpaired) electrons. The van der Waals surface area contributed by atoms with Crippen LogP contribution in [0.15, 0.2) is 24.5 Å². The zero-order chi connectivity index (χ0) is 12.3. The van der Waals surface area contributed by atoms with Crippen molar-refractivity contribution in [3.05, 3.63) is 41.7 Å². The molecule has 1 heterocycles. The zero-order valence-corrected chi connectivity index (χ0v) is 9.99. The lowest BCUT2D eigenvalue weighted by atomic mass is 10.2. The van der Waals surface area contributed by atoms with E-state index in [4.69, 9.17) is 16.3 Å². The molecule has 90 valence electrons. The first-order valence-corrected chi connectivity index (χ1v) is 5.54. The van der Waals surface area contributed by atoms with Crippen LogP contribution in [0.3, 0.4) is 0 Å². The number of nitrogens with zero attached hydrogens (tertiary/aromatic N) is 3. The van der Waals surface area contributed by atoms with Crippen LogP contribution in [0.2, 0.25) is 0 Å². The molecule has 0 aliphatic carbocycles. The van der Waals surface area contributed by atoms with Gasteiger partial charge in [0, 0.05) is 12.9 Å². The summed E-state index contributed by atoms with van der Waals surface area (Å²) in [7, 11) is 1.75. The largest absolute Gasteiger partial charge is 0.483 e. The van der Waals surface area contributed by atoms with Gasteiger partial charge < -0.3 is 4.74 Å². The van der Waals surface area contributed by atoms with E-state index in [0.717, 1.165) is 5.56 Å². The normalized spacial score (nSPS) is 10.5. The number of hydrogen-bond acceptors (Lipinski definition) is 3. The Morgan fingerprint density at radius 1 is 1.47 bits per heavy atom. The highest BCUT2D eigenvalue weighted by Crippen LogP contribution is 2.20. The highest BCUT2D eigenvalue weighted by Gasteiger charge is 2.07. The van der Waals surface area contributed by atoms with Gasteiger partial charge in [-0.05, 0) is 17.7 Å². The van der Waals surface area contributed by atoms with Gasteiger partial charge in [-0.1, -0.05) is 6.07 Å². The second kappa shape index (κ2) is 5.14. The van der Waals surface area contributed by atoms with E-state index in [1.807, 2.05) is 0 Å². The molecule has 1 aromatic carbocycles. The van der Waals surface area contributed by atoms with Crippen molar-refractivity contribution in [1.29, 1.82) is 0 Å². The third-order valence-electron chi connectivity index (χ3n) is 2.31. The van der Waals surface area contributed by atoms with Crippen LogP contribution in [-0.2, 0) is 19.5 Å². The SMILES string of the molecule is Cn1ncnc1COc1ccc(CCl)cc1F. The second-order valence-corrected chi connectivity index (χ2v) is 3.75. The summed E-state index contributed by atoms with van der Waals surface area (Å²) in [5, 5.41) is 3.89. The molecule has 0 spiro atoms. The van der Waals surface area contributed by atoms with Gasteiger partial charge in [0.1, 0.15) is 12.9 Å². The van der Waals surface area contributed by atoms with Crippen LogP contribution < -0.4 is 4.74 Å². The molecule has 0 N–H and O–H groups in total. The molecule has 0 aliphatic rings. The molecule has 2 aromatic rings. The summed E-state index contributed by atoms with van der Waals surface area (Å²) in [6, 6.07) is 4.64. The quantitative estimate of drug-likeness (QED) is 0.787. The lowest BCUT2D eigenvalue weighted by Crippen LogP contribution is -2.05. The van der Waals surface area contributed by atoms with Crippen molar-refractivity contribution < 1.29 is 9.13 Å². The van der Waals surface area contributed by atoms with Gasteiger partial charge in [-0.25, -0.2) is 9.37 Å². The van der Waals surface area contributed by atoms with Gasteiger partial charge in [0.05, 0.1) is 0 Å². The van der Waals surface area contributed by atoms with Crippen LogP contribution in [0.4, 0.5) is 4.39 Å². The molecule has 0 fully saturated rings. The van der Waals surface area contributed by atoms with Crippen molar-refractivity contribution in [2.24, 2.45) is 7.05 Å². The number of rotatable bonds is 4. The summed E-state index contributed by atoms with van der Waals surface area (Å²) >= 11 is 5.60. The molecule has 0 bridgehead atoms. The van der Waals surface area contributed by atoms with Crippen molar-refractivity contribution in [1.82, 2.24) is 14.8 Å². The Labute approximate surface area is 103 Å². The molecule has 0 aliphatic heterocycles. The average molecular weight is 256 g/mol. The first-order valence-electron chi connectivity index (χ1n) is 5.01. The predicted octanol–water partition coefficient (Wildman–Crippen LogP) is 2.27. The monoisotopic (exact) mass is 255 g/mol. The summed E-state index contributed by atoms with van der Waals surface area (Å²) < 4.78 is 20.4. The Kier molecular flexibility index (Phi) is 3.58. The number of hydrogen-bond donors (Lipinski definition) is 0. The Hall–Kier alpha value is -1.62. The van der Waals surface area contributed by atoms with Crippen LogP contribution in [0, 0.1) is 5.82 Å². The first kappa shape index (κ1) is 11.9. The van der Waals surface area contributed by atoms with Crippen molar-refractivity contribution in [2.75, 3.05) is 0 Å². The molecule has 2 rings (SSSR count). The van der Waals surface area contributed by atoms with Gasteiger partial charge in [-0.3, -0.25) is 4.68 Å². The summed E-state index contributed by atoms with van der Waals surface area (Å²) in [4.78, 5) is 3.98. The Balaban J connectivity index is 2.07. The number of aryl methyl sites for hydroxylation is 1. The molecule has 0 unspecified atom stereocenters. The Bertz CT molecular complexity index is 515. The standard InChI is InChI=1S/C11H11ClFN3O/c1-16-11(14-7-15-16)6-17-10-3-2-8(5-12)4-9(10)13/h2-4,7H,5-6H2,1H3. The van der Waals surface area contributed by atoms with Crippen molar-refractivity contribution >= 4 is 11.6 Å². The van der Waals surface area contributed by atoms with Crippen LogP contribution in [-0.4, -0.2) is 14.8 Å². The lowest BCUT2D eigenvalue weighted by Gasteiger charge is -2.07. The third-order valence-corrected chi connectivity index (χ3v) is 2.62. The maximum absolute atomic E-state index is 13.5. The van der Waals surface area contributed by atoms with Gasteiger partial charge in [-0.2, -0.15) is 5.10 Å². The van der Waals surface area contributed by atoms with E-state index in [1.54, 1.807) is 23.9 Å². The predicted molar refractivity (Wildman–Crippen MR) is 61.3 cm³/mol. The Morgan fingerprint density at radius 2 is 2.29 bits per heavy atom. The fourth-order valence-corrected chi connectivity index (χ4v) is 1.50. The number of aromatic nitrogens is 3. The van der Waals surface area contributed by atoms with Gasteiger partial charge in [0.25, 0.3) is 0 Å². The van der Waals surface area contributed by atoms with Gasteiger partial charge >= 0.3 is 0 Å². The molecular weight excluding hydrogens is 245 g/mol. The van der Waals surface area contributed by atoms with E-state index in [1.165, 1.54) is 12.4 Å². The summed E-state index contributed by atoms with van der Waals surface area (Å²) in [6.45, 7) is 0.174. The molecule has 0 atom stereocenters. The van der Waals surface area contributed by atoms with E-state index >= 15 is 0 Å². The summed E-state index contributed by atoms with van der Waals surface area (Å²) in [5.74, 6) is 0.665. The maximum atomic E-state index is 13.5. The first-order chi connectivity index (χ1) is 8.20. The van der Waals surface area contributed by atoms with Crippen molar-refractivity contribution in [3.8, 4) is 5.75 Å². The minimum absolute atomic E-state index is 0.174. The number of halogens is 2. The summed E-state index contributed by atoms with van der Waals surface area (Å²) in [6.07, 6.45) is 1.42. The van der Waals surface area contributed by atoms with Crippen LogP contribution in [0.5, 0.6) is 5.75 Å². The van der Waals surface area contributed by atoms with E-state index in [-0.39, 0.29) is 18.2 Å². The van der Waals surface area contributed by atoms with E-state index < -0.39 is 5.82 Å². The zero-order valence-electron chi connectivity index (χ0n) is 9.23. The molecule has 0 saturated carbocycles. The number of benzene rings is 1. The van der Waals surface area contributed by atoms with Gasteiger partial charge in [0.15, 0.2) is 17.4 Å². The van der Waals surface area contributed by atoms with Crippen LogP contribution >= 0.6 is 11.6 Å². The summed E-state index contributed by atoms with van der Waals surface area (Å²) in [5.41, 5.74) is 0.718. The number of alkyl halides is 1. The number of ether oxygens (including phenoxy) is 1. The van der Waals surface area contributed by atoms with E-state index in [9.17, 15) is 4.39 Å². The fraction of sp³-hybridized carbons (Fsp3) is 0.273. The lowest BCUT2D eigenvalue weighted by molar-refractivity contribution is 0.275. The minimum atomic E-state index is -0.426. The molecule has 17 heavy (non-hydrogen) atoms. The van der Waals surface area contributed by atoms with E-state index in [2.05, 4.69) is 10.1 Å². The van der Waals surface area contributed by atoms with Gasteiger partial charge in [-0.15, -0.1) is 11.6 Å². The van der Waals surface area contributed by atoms with Crippen LogP contribution in [0.1, 0.15) is 11.4 Å².